The smallest absolute Gasteiger partial charge is 0.417 e. The number of halogens is 4. The molecule has 0 heterocycles. The molecule has 0 bridgehead atoms. The lowest BCUT2D eigenvalue weighted by Gasteiger charge is -2.25. The van der Waals surface area contributed by atoms with Gasteiger partial charge in [0.2, 0.25) is 5.91 Å². The second kappa shape index (κ2) is 11.7. The third-order valence-corrected chi connectivity index (χ3v) is 7.40. The molecule has 0 saturated carbocycles. The minimum atomic E-state index is -4.81. The van der Waals surface area contributed by atoms with Gasteiger partial charge in [-0.1, -0.05) is 41.9 Å². The summed E-state index contributed by atoms with van der Waals surface area (Å²) in [5, 5.41) is 2.06. The van der Waals surface area contributed by atoms with Crippen LogP contribution in [0.3, 0.4) is 0 Å². The van der Waals surface area contributed by atoms with Crippen LogP contribution in [0.4, 0.5) is 18.9 Å². The molecule has 0 atom stereocenters. The van der Waals surface area contributed by atoms with Crippen molar-refractivity contribution in [2.24, 2.45) is 0 Å². The van der Waals surface area contributed by atoms with Crippen molar-refractivity contribution in [2.45, 2.75) is 23.9 Å². The van der Waals surface area contributed by atoms with Crippen molar-refractivity contribution in [3.8, 4) is 5.75 Å². The van der Waals surface area contributed by atoms with Crippen LogP contribution >= 0.6 is 11.6 Å². The van der Waals surface area contributed by atoms with E-state index in [0.717, 1.165) is 23.4 Å². The van der Waals surface area contributed by atoms with E-state index in [1.807, 2.05) is 24.3 Å². The van der Waals surface area contributed by atoms with Gasteiger partial charge in [0.05, 0.1) is 28.3 Å². The normalized spacial score (nSPS) is 11.7. The Labute approximate surface area is 212 Å². The number of methoxy groups -OCH3 is 1. The zero-order chi connectivity index (χ0) is 26.3. The molecule has 0 aliphatic rings. The highest BCUT2D eigenvalue weighted by Crippen LogP contribution is 2.38. The van der Waals surface area contributed by atoms with E-state index in [-0.39, 0.29) is 17.1 Å². The average Bonchev–Trinajstić information content (AvgIpc) is 2.86. The number of amides is 1. The van der Waals surface area contributed by atoms with E-state index >= 15 is 0 Å². The quantitative estimate of drug-likeness (QED) is 0.354. The minimum Gasteiger partial charge on any atom is -0.497 e. The maximum absolute atomic E-state index is 13.4. The summed E-state index contributed by atoms with van der Waals surface area (Å²) < 4.78 is 72.6. The van der Waals surface area contributed by atoms with E-state index in [0.29, 0.717) is 23.2 Å². The maximum Gasteiger partial charge on any atom is 0.417 e. The largest absolute Gasteiger partial charge is 0.497 e. The Morgan fingerprint density at radius 3 is 2.31 bits per heavy atom. The Morgan fingerprint density at radius 1 is 1.03 bits per heavy atom. The highest BCUT2D eigenvalue weighted by Gasteiger charge is 2.35. The van der Waals surface area contributed by atoms with Gasteiger partial charge in [0, 0.05) is 6.54 Å². The predicted molar refractivity (Wildman–Crippen MR) is 132 cm³/mol. The fourth-order valence-electron chi connectivity index (χ4n) is 3.42. The zero-order valence-corrected chi connectivity index (χ0v) is 20.8. The Bertz CT molecular complexity index is 1280. The molecule has 192 valence electrons. The van der Waals surface area contributed by atoms with Crippen molar-refractivity contribution >= 4 is 33.2 Å². The summed E-state index contributed by atoms with van der Waals surface area (Å²) in [6.45, 7) is -0.461. The number of rotatable bonds is 10. The number of hydrogen-bond acceptors (Lipinski definition) is 4. The number of hydrogen-bond donors (Lipinski definition) is 1. The number of nitrogens with one attached hydrogen (secondary N) is 1. The van der Waals surface area contributed by atoms with Crippen LogP contribution < -0.4 is 14.4 Å². The molecule has 0 spiro atoms. The molecular weight excluding hydrogens is 517 g/mol. The second-order valence-electron chi connectivity index (χ2n) is 7.79. The molecule has 6 nitrogen and oxygen atoms in total. The van der Waals surface area contributed by atoms with Crippen LogP contribution in [0.2, 0.25) is 5.02 Å². The number of aryl methyl sites for hydroxylation is 1. The number of anilines is 1. The van der Waals surface area contributed by atoms with Crippen molar-refractivity contribution < 1.29 is 31.1 Å². The predicted octanol–water partition coefficient (Wildman–Crippen LogP) is 5.31. The molecule has 1 N–H and O–H groups in total. The van der Waals surface area contributed by atoms with Gasteiger partial charge >= 0.3 is 6.18 Å². The standard InChI is InChI=1S/C25H24ClF3N2O4S/c1-35-20-12-9-18(10-13-20)6-5-15-30-24(32)17-31(36(33,34)21-7-3-2-4-8-21)19-11-14-23(26)22(16-19)25(27,28)29/h2-4,7-14,16H,5-6,15,17H2,1H3,(H,30,32). The summed E-state index contributed by atoms with van der Waals surface area (Å²) in [4.78, 5) is 12.5. The molecule has 0 aliphatic heterocycles. The maximum atomic E-state index is 13.4. The van der Waals surface area contributed by atoms with Crippen LogP contribution in [0.15, 0.2) is 77.7 Å². The van der Waals surface area contributed by atoms with Gasteiger partial charge in [-0.25, -0.2) is 8.42 Å². The van der Waals surface area contributed by atoms with Gasteiger partial charge in [-0.3, -0.25) is 9.10 Å². The van der Waals surface area contributed by atoms with Gasteiger partial charge in [-0.15, -0.1) is 0 Å². The van der Waals surface area contributed by atoms with Gasteiger partial charge in [-0.05, 0) is 60.9 Å². The summed E-state index contributed by atoms with van der Waals surface area (Å²) >= 11 is 5.70. The van der Waals surface area contributed by atoms with Crippen LogP contribution in [0.5, 0.6) is 5.75 Å². The summed E-state index contributed by atoms with van der Waals surface area (Å²) in [7, 11) is -2.79. The SMILES string of the molecule is COc1ccc(CCCNC(=O)CN(c2ccc(Cl)c(C(F)(F)F)c2)S(=O)(=O)c2ccccc2)cc1. The van der Waals surface area contributed by atoms with Crippen molar-refractivity contribution in [1.82, 2.24) is 5.32 Å². The van der Waals surface area contributed by atoms with Crippen molar-refractivity contribution in [2.75, 3.05) is 24.5 Å². The lowest BCUT2D eigenvalue weighted by molar-refractivity contribution is -0.137. The number of ether oxygens (including phenoxy) is 1. The number of alkyl halides is 3. The van der Waals surface area contributed by atoms with Gasteiger partial charge in [0.1, 0.15) is 12.3 Å². The molecule has 0 saturated heterocycles. The molecule has 0 radical (unpaired) electrons. The monoisotopic (exact) mass is 540 g/mol. The lowest BCUT2D eigenvalue weighted by Crippen LogP contribution is -2.41. The third-order valence-electron chi connectivity index (χ3n) is 5.29. The highest BCUT2D eigenvalue weighted by atomic mass is 35.5. The molecule has 0 aromatic heterocycles. The first-order valence-electron chi connectivity index (χ1n) is 10.9. The average molecular weight is 541 g/mol. The number of benzene rings is 3. The van der Waals surface area contributed by atoms with E-state index in [2.05, 4.69) is 5.32 Å². The highest BCUT2D eigenvalue weighted by molar-refractivity contribution is 7.92. The number of sulfonamides is 1. The topological polar surface area (TPSA) is 75.7 Å². The summed E-state index contributed by atoms with van der Waals surface area (Å²) in [5.74, 6) is 0.0652. The molecule has 0 fully saturated rings. The van der Waals surface area contributed by atoms with Gasteiger partial charge < -0.3 is 10.1 Å². The summed E-state index contributed by atoms with van der Waals surface area (Å²) in [5.41, 5.74) is -0.502. The van der Waals surface area contributed by atoms with Crippen LogP contribution in [-0.4, -0.2) is 34.5 Å². The lowest BCUT2D eigenvalue weighted by atomic mass is 10.1. The van der Waals surface area contributed by atoms with Crippen LogP contribution in [0.25, 0.3) is 0 Å². The minimum absolute atomic E-state index is 0.166. The third kappa shape index (κ3) is 6.92. The first-order valence-corrected chi connectivity index (χ1v) is 12.7. The number of carbonyl (C=O) groups excluding carboxylic acids is 1. The zero-order valence-electron chi connectivity index (χ0n) is 19.3. The van der Waals surface area contributed by atoms with Crippen LogP contribution in [0, 0.1) is 0 Å². The molecule has 3 aromatic carbocycles. The Hall–Kier alpha value is -3.24. The fourth-order valence-corrected chi connectivity index (χ4v) is 5.08. The van der Waals surface area contributed by atoms with Crippen molar-refractivity contribution in [1.29, 1.82) is 0 Å². The van der Waals surface area contributed by atoms with Gasteiger partial charge in [-0.2, -0.15) is 13.2 Å². The van der Waals surface area contributed by atoms with E-state index in [9.17, 15) is 26.4 Å². The van der Waals surface area contributed by atoms with E-state index in [4.69, 9.17) is 16.3 Å². The number of carbonyl (C=O) groups is 1. The fraction of sp³-hybridized carbons (Fsp3) is 0.240. The summed E-state index contributed by atoms with van der Waals surface area (Å²) in [6.07, 6.45) is -3.58. The molecule has 0 aliphatic carbocycles. The number of nitrogens with zero attached hydrogens (tertiary/aromatic N) is 1. The van der Waals surface area contributed by atoms with E-state index in [1.165, 1.54) is 24.3 Å². The summed E-state index contributed by atoms with van der Waals surface area (Å²) in [6, 6.07) is 17.3. The molecule has 3 aromatic rings. The van der Waals surface area contributed by atoms with E-state index < -0.39 is 39.2 Å². The Morgan fingerprint density at radius 2 is 1.69 bits per heavy atom. The van der Waals surface area contributed by atoms with Crippen molar-refractivity contribution in [3.63, 3.8) is 0 Å². The molecule has 36 heavy (non-hydrogen) atoms. The molecule has 1 amide bonds. The first kappa shape index (κ1) is 27.3. The van der Waals surface area contributed by atoms with Crippen LogP contribution in [0.1, 0.15) is 17.5 Å². The Balaban J connectivity index is 1.77. The molecular formula is C25H24ClF3N2O4S. The molecule has 3 rings (SSSR count). The molecule has 11 heteroatoms. The second-order valence-corrected chi connectivity index (χ2v) is 10.1. The van der Waals surface area contributed by atoms with Gasteiger partial charge in [0.25, 0.3) is 10.0 Å². The van der Waals surface area contributed by atoms with Crippen molar-refractivity contribution in [3.05, 3.63) is 88.9 Å². The van der Waals surface area contributed by atoms with Crippen LogP contribution in [-0.2, 0) is 27.4 Å². The Kier molecular flexibility index (Phi) is 8.86. The van der Waals surface area contributed by atoms with E-state index in [1.54, 1.807) is 13.2 Å². The van der Waals surface area contributed by atoms with Gasteiger partial charge in [0.15, 0.2) is 0 Å². The molecule has 0 unspecified atom stereocenters. The first-order chi connectivity index (χ1) is 17.0.